The van der Waals surface area contributed by atoms with Crippen molar-refractivity contribution in [3.63, 3.8) is 0 Å². The Bertz CT molecular complexity index is 1400. The Morgan fingerprint density at radius 3 is 2.36 bits per heavy atom. The first-order valence-electron chi connectivity index (χ1n) is 11.8. The molecule has 0 heterocycles. The maximum Gasteiger partial charge on any atom is 0.308 e. The maximum atomic E-state index is 11.8. The van der Waals surface area contributed by atoms with Crippen molar-refractivity contribution in [2.75, 3.05) is 6.61 Å². The summed E-state index contributed by atoms with van der Waals surface area (Å²) in [4.78, 5) is 11.8. The van der Waals surface area contributed by atoms with E-state index in [2.05, 4.69) is 10.2 Å². The van der Waals surface area contributed by atoms with Gasteiger partial charge in [-0.05, 0) is 60.7 Å². The van der Waals surface area contributed by atoms with Crippen molar-refractivity contribution in [3.8, 4) is 23.0 Å². The lowest BCUT2D eigenvalue weighted by atomic mass is 10.0. The lowest BCUT2D eigenvalue weighted by Crippen LogP contribution is -2.03. The van der Waals surface area contributed by atoms with Gasteiger partial charge in [-0.15, -0.1) is 5.11 Å². The zero-order valence-electron chi connectivity index (χ0n) is 20.3. The van der Waals surface area contributed by atoms with Crippen LogP contribution in [0.2, 0.25) is 0 Å². The highest BCUT2D eigenvalue weighted by Gasteiger charge is 2.16. The van der Waals surface area contributed by atoms with Crippen LogP contribution in [-0.2, 0) is 17.6 Å². The number of aromatic hydroxyl groups is 2. The highest BCUT2D eigenvalue weighted by molar-refractivity contribution is 5.98. The Morgan fingerprint density at radius 2 is 1.64 bits per heavy atom. The number of fused-ring (bicyclic) bond motifs is 1. The standard InChI is InChI=1S/C29H28N2O5/c1-3-16-35-28-18-26(29(36-19(2)32)25-7-5-4-6-24(25)28)31-30-22-12-9-20(10-13-22)8-11-21-17-23(33)14-15-27(21)34/h4-7,9-10,12-15,17-18,33-34H,3,8,11,16H2,1-2H3. The van der Waals surface area contributed by atoms with Gasteiger partial charge in [0.1, 0.15) is 22.9 Å². The fourth-order valence-corrected chi connectivity index (χ4v) is 3.85. The minimum atomic E-state index is -0.444. The van der Waals surface area contributed by atoms with Crippen molar-refractivity contribution in [2.45, 2.75) is 33.1 Å². The SMILES string of the molecule is CCCOc1cc(N=Nc2ccc(CCc3cc(O)ccc3O)cc2)c(OC(C)=O)c2ccccc12. The molecule has 0 radical (unpaired) electrons. The molecular formula is C29H28N2O5. The molecule has 7 nitrogen and oxygen atoms in total. The van der Waals surface area contributed by atoms with Gasteiger partial charge >= 0.3 is 5.97 Å². The number of phenolic OH excluding ortho intramolecular Hbond substituents is 2. The highest BCUT2D eigenvalue weighted by atomic mass is 16.5. The number of carbonyl (C=O) groups is 1. The van der Waals surface area contributed by atoms with Gasteiger partial charge < -0.3 is 19.7 Å². The summed E-state index contributed by atoms with van der Waals surface area (Å²) in [5.74, 6) is 0.847. The third kappa shape index (κ3) is 5.99. The molecule has 0 aliphatic carbocycles. The third-order valence-corrected chi connectivity index (χ3v) is 5.60. The molecule has 2 N–H and O–H groups in total. The number of rotatable bonds is 9. The van der Waals surface area contributed by atoms with E-state index < -0.39 is 5.97 Å². The average Bonchev–Trinajstić information content (AvgIpc) is 2.88. The van der Waals surface area contributed by atoms with Crippen LogP contribution in [-0.4, -0.2) is 22.8 Å². The van der Waals surface area contributed by atoms with E-state index >= 15 is 0 Å². The molecule has 0 unspecified atom stereocenters. The van der Waals surface area contributed by atoms with Gasteiger partial charge in [-0.25, -0.2) is 0 Å². The highest BCUT2D eigenvalue weighted by Crippen LogP contribution is 2.42. The molecule has 7 heteroatoms. The molecule has 0 aliphatic heterocycles. The zero-order valence-corrected chi connectivity index (χ0v) is 20.3. The molecule has 0 atom stereocenters. The molecule has 4 rings (SSSR count). The minimum absolute atomic E-state index is 0.128. The molecule has 0 fully saturated rings. The Morgan fingerprint density at radius 1 is 0.889 bits per heavy atom. The van der Waals surface area contributed by atoms with Crippen LogP contribution in [0, 0.1) is 0 Å². The normalized spacial score (nSPS) is 11.2. The summed E-state index contributed by atoms with van der Waals surface area (Å²) < 4.78 is 11.5. The van der Waals surface area contributed by atoms with Gasteiger partial charge in [0.25, 0.3) is 0 Å². The van der Waals surface area contributed by atoms with Gasteiger partial charge in [0.05, 0.1) is 12.3 Å². The van der Waals surface area contributed by atoms with E-state index in [-0.39, 0.29) is 11.5 Å². The van der Waals surface area contributed by atoms with Crippen molar-refractivity contribution < 1.29 is 24.5 Å². The molecule has 4 aromatic rings. The number of esters is 1. The quantitative estimate of drug-likeness (QED) is 0.114. The van der Waals surface area contributed by atoms with Crippen LogP contribution in [0.25, 0.3) is 10.8 Å². The summed E-state index contributed by atoms with van der Waals surface area (Å²) >= 11 is 0. The molecule has 0 aliphatic rings. The second kappa shape index (κ2) is 11.4. The van der Waals surface area contributed by atoms with Crippen LogP contribution < -0.4 is 9.47 Å². The van der Waals surface area contributed by atoms with E-state index in [0.717, 1.165) is 22.8 Å². The van der Waals surface area contributed by atoms with Crippen LogP contribution in [0.5, 0.6) is 23.0 Å². The van der Waals surface area contributed by atoms with Gasteiger partial charge in [0, 0.05) is 23.8 Å². The van der Waals surface area contributed by atoms with E-state index in [4.69, 9.17) is 9.47 Å². The van der Waals surface area contributed by atoms with E-state index in [1.807, 2.05) is 55.5 Å². The molecule has 0 saturated carbocycles. The molecule has 0 spiro atoms. The monoisotopic (exact) mass is 484 g/mol. The molecule has 184 valence electrons. The maximum absolute atomic E-state index is 11.8. The van der Waals surface area contributed by atoms with Crippen LogP contribution in [0.1, 0.15) is 31.4 Å². The Labute approximate surface area is 209 Å². The fraction of sp³-hybridized carbons (Fsp3) is 0.207. The number of phenols is 2. The largest absolute Gasteiger partial charge is 0.508 e. The zero-order chi connectivity index (χ0) is 25.5. The molecule has 0 saturated heterocycles. The van der Waals surface area contributed by atoms with Crippen LogP contribution in [0.4, 0.5) is 11.4 Å². The number of ether oxygens (including phenoxy) is 2. The van der Waals surface area contributed by atoms with E-state index in [0.29, 0.717) is 47.9 Å². The predicted molar refractivity (Wildman–Crippen MR) is 139 cm³/mol. The number of azo groups is 1. The number of hydrogen-bond donors (Lipinski definition) is 2. The van der Waals surface area contributed by atoms with Crippen LogP contribution >= 0.6 is 0 Å². The first-order chi connectivity index (χ1) is 17.4. The van der Waals surface area contributed by atoms with Gasteiger partial charge in [-0.3, -0.25) is 4.79 Å². The molecule has 36 heavy (non-hydrogen) atoms. The van der Waals surface area contributed by atoms with Crippen molar-refractivity contribution in [3.05, 3.63) is 83.9 Å². The smallest absolute Gasteiger partial charge is 0.308 e. The molecule has 4 aromatic carbocycles. The summed E-state index contributed by atoms with van der Waals surface area (Å²) in [5, 5.41) is 29.9. The summed E-state index contributed by atoms with van der Waals surface area (Å²) in [6.45, 7) is 3.94. The molecule has 0 bridgehead atoms. The van der Waals surface area contributed by atoms with Crippen LogP contribution in [0.15, 0.2) is 83.0 Å². The first-order valence-corrected chi connectivity index (χ1v) is 11.8. The van der Waals surface area contributed by atoms with E-state index in [9.17, 15) is 15.0 Å². The van der Waals surface area contributed by atoms with Crippen molar-refractivity contribution >= 4 is 28.1 Å². The van der Waals surface area contributed by atoms with Crippen molar-refractivity contribution in [2.24, 2.45) is 10.2 Å². The lowest BCUT2D eigenvalue weighted by molar-refractivity contribution is -0.131. The lowest BCUT2D eigenvalue weighted by Gasteiger charge is -2.14. The minimum Gasteiger partial charge on any atom is -0.508 e. The number of benzene rings is 4. The summed E-state index contributed by atoms with van der Waals surface area (Å²) in [7, 11) is 0. The van der Waals surface area contributed by atoms with Crippen LogP contribution in [0.3, 0.4) is 0 Å². The number of aryl methyl sites for hydroxylation is 2. The predicted octanol–water partition coefficient (Wildman–Crippen LogP) is 7.17. The average molecular weight is 485 g/mol. The second-order valence-electron chi connectivity index (χ2n) is 8.39. The second-order valence-corrected chi connectivity index (χ2v) is 8.39. The van der Waals surface area contributed by atoms with Gasteiger partial charge in [-0.1, -0.05) is 43.3 Å². The molecule has 0 amide bonds. The van der Waals surface area contributed by atoms with Crippen molar-refractivity contribution in [1.29, 1.82) is 0 Å². The van der Waals surface area contributed by atoms with Gasteiger partial charge in [0.2, 0.25) is 0 Å². The summed E-state index contributed by atoms with van der Waals surface area (Å²) in [6, 6.07) is 21.4. The summed E-state index contributed by atoms with van der Waals surface area (Å²) in [6.07, 6.45) is 2.13. The molecule has 0 aromatic heterocycles. The Hall–Kier alpha value is -4.39. The number of nitrogens with zero attached hydrogens (tertiary/aromatic N) is 2. The van der Waals surface area contributed by atoms with E-state index in [1.54, 1.807) is 12.1 Å². The number of carbonyl (C=O) groups excluding carboxylic acids is 1. The van der Waals surface area contributed by atoms with Gasteiger partial charge in [0.15, 0.2) is 5.75 Å². The van der Waals surface area contributed by atoms with Gasteiger partial charge in [-0.2, -0.15) is 5.11 Å². The topological polar surface area (TPSA) is 101 Å². The fourth-order valence-electron chi connectivity index (χ4n) is 3.85. The first kappa shape index (κ1) is 24.7. The third-order valence-electron chi connectivity index (χ3n) is 5.60. The summed E-state index contributed by atoms with van der Waals surface area (Å²) in [5.41, 5.74) is 2.78. The number of hydrogen-bond acceptors (Lipinski definition) is 7. The van der Waals surface area contributed by atoms with E-state index in [1.165, 1.54) is 19.1 Å². The molecular weight excluding hydrogens is 456 g/mol. The Kier molecular flexibility index (Phi) is 7.80. The van der Waals surface area contributed by atoms with Crippen molar-refractivity contribution in [1.82, 2.24) is 0 Å². The Balaban J connectivity index is 1.58.